The van der Waals surface area contributed by atoms with Gasteiger partial charge in [0.25, 0.3) is 5.69 Å². The van der Waals surface area contributed by atoms with Gasteiger partial charge in [-0.15, -0.1) is 0 Å². The average Bonchev–Trinajstić information content (AvgIpc) is 2.46. The number of hydrogen-bond acceptors (Lipinski definition) is 3. The van der Waals surface area contributed by atoms with E-state index >= 15 is 0 Å². The monoisotopic (exact) mass is 278 g/mol. The van der Waals surface area contributed by atoms with E-state index in [-0.39, 0.29) is 5.69 Å². The Balaban J connectivity index is 2.17. The third-order valence-electron chi connectivity index (χ3n) is 3.51. The zero-order valence-electron chi connectivity index (χ0n) is 11.8. The van der Waals surface area contributed by atoms with Gasteiger partial charge in [0.2, 0.25) is 0 Å². The van der Waals surface area contributed by atoms with Gasteiger partial charge in [0.1, 0.15) is 0 Å². The molecule has 0 aliphatic carbocycles. The van der Waals surface area contributed by atoms with Gasteiger partial charge in [0.15, 0.2) is 0 Å². The molecule has 0 unspecified atom stereocenters. The lowest BCUT2D eigenvalue weighted by atomic mass is 10.0. The molecule has 0 aliphatic heterocycles. The molecule has 0 amide bonds. The summed E-state index contributed by atoms with van der Waals surface area (Å²) in [6.07, 6.45) is 0. The first kappa shape index (κ1) is 13.2. The van der Waals surface area contributed by atoms with E-state index in [2.05, 4.69) is 18.0 Å². The minimum Gasteiger partial charge on any atom is -0.258 e. The Morgan fingerprint density at radius 2 is 1.86 bits per heavy atom. The van der Waals surface area contributed by atoms with Crippen LogP contribution in [0.4, 0.5) is 5.69 Å². The average molecular weight is 278 g/mol. The minimum atomic E-state index is -0.390. The highest BCUT2D eigenvalue weighted by Gasteiger charge is 2.09. The summed E-state index contributed by atoms with van der Waals surface area (Å²) in [5, 5.41) is 12.0. The largest absolute Gasteiger partial charge is 0.270 e. The molecule has 4 nitrogen and oxygen atoms in total. The lowest BCUT2D eigenvalue weighted by Gasteiger charge is -2.07. The zero-order valence-corrected chi connectivity index (χ0v) is 11.8. The maximum Gasteiger partial charge on any atom is 0.270 e. The molecule has 0 fully saturated rings. The van der Waals surface area contributed by atoms with E-state index in [1.54, 1.807) is 12.1 Å². The SMILES string of the molecule is Cc1cc(C)c2ccc(-c3cccc([N+](=O)[O-])c3)nc2c1. The maximum absolute atomic E-state index is 10.9. The van der Waals surface area contributed by atoms with E-state index in [0.29, 0.717) is 0 Å². The second kappa shape index (κ2) is 4.98. The number of nitro groups is 1. The van der Waals surface area contributed by atoms with Gasteiger partial charge in [0.05, 0.1) is 16.1 Å². The van der Waals surface area contributed by atoms with E-state index in [0.717, 1.165) is 27.7 Å². The van der Waals surface area contributed by atoms with Crippen LogP contribution in [-0.2, 0) is 0 Å². The summed E-state index contributed by atoms with van der Waals surface area (Å²) in [7, 11) is 0. The fourth-order valence-electron chi connectivity index (χ4n) is 2.53. The van der Waals surface area contributed by atoms with Crippen molar-refractivity contribution in [2.24, 2.45) is 0 Å². The molecule has 1 heterocycles. The number of fused-ring (bicyclic) bond motifs is 1. The van der Waals surface area contributed by atoms with Crippen molar-refractivity contribution < 1.29 is 4.92 Å². The third kappa shape index (κ3) is 2.48. The van der Waals surface area contributed by atoms with E-state index in [9.17, 15) is 10.1 Å². The van der Waals surface area contributed by atoms with Crippen molar-refractivity contribution in [1.82, 2.24) is 4.98 Å². The molecular formula is C17H14N2O2. The number of nitro benzene ring substituents is 1. The first-order valence-electron chi connectivity index (χ1n) is 6.67. The molecule has 0 saturated carbocycles. The minimum absolute atomic E-state index is 0.0785. The molecule has 104 valence electrons. The van der Waals surface area contributed by atoms with Crippen LogP contribution >= 0.6 is 0 Å². The Bertz CT molecular complexity index is 857. The summed E-state index contributed by atoms with van der Waals surface area (Å²) in [5.74, 6) is 0. The van der Waals surface area contributed by atoms with Crippen molar-refractivity contribution in [3.63, 3.8) is 0 Å². The van der Waals surface area contributed by atoms with E-state index in [1.165, 1.54) is 11.6 Å². The van der Waals surface area contributed by atoms with Gasteiger partial charge in [-0.1, -0.05) is 24.3 Å². The van der Waals surface area contributed by atoms with Crippen LogP contribution in [0, 0.1) is 24.0 Å². The lowest BCUT2D eigenvalue weighted by molar-refractivity contribution is -0.384. The Morgan fingerprint density at radius 1 is 1.05 bits per heavy atom. The molecule has 3 aromatic rings. The van der Waals surface area contributed by atoms with Gasteiger partial charge in [0, 0.05) is 23.1 Å². The smallest absolute Gasteiger partial charge is 0.258 e. The number of rotatable bonds is 2. The van der Waals surface area contributed by atoms with Crippen molar-refractivity contribution in [2.75, 3.05) is 0 Å². The molecule has 2 aromatic carbocycles. The Labute approximate surface area is 122 Å². The number of pyridine rings is 1. The molecule has 4 heteroatoms. The topological polar surface area (TPSA) is 56.0 Å². The molecule has 0 atom stereocenters. The summed E-state index contributed by atoms with van der Waals surface area (Å²) in [5.41, 5.74) is 4.83. The van der Waals surface area contributed by atoms with Crippen LogP contribution in [0.15, 0.2) is 48.5 Å². The van der Waals surface area contributed by atoms with Crippen LogP contribution < -0.4 is 0 Å². The molecule has 0 N–H and O–H groups in total. The second-order valence-corrected chi connectivity index (χ2v) is 5.15. The van der Waals surface area contributed by atoms with Gasteiger partial charge in [-0.2, -0.15) is 0 Å². The van der Waals surface area contributed by atoms with Gasteiger partial charge in [-0.05, 0) is 37.1 Å². The quantitative estimate of drug-likeness (QED) is 0.514. The summed E-state index contributed by atoms with van der Waals surface area (Å²) in [6.45, 7) is 4.10. The van der Waals surface area contributed by atoms with Crippen LogP contribution in [0.25, 0.3) is 22.2 Å². The van der Waals surface area contributed by atoms with Crippen molar-refractivity contribution in [2.45, 2.75) is 13.8 Å². The van der Waals surface area contributed by atoms with Crippen molar-refractivity contribution in [3.8, 4) is 11.3 Å². The summed E-state index contributed by atoms with van der Waals surface area (Å²) in [4.78, 5) is 15.1. The van der Waals surface area contributed by atoms with E-state index < -0.39 is 4.92 Å². The number of aryl methyl sites for hydroxylation is 2. The molecule has 0 spiro atoms. The Morgan fingerprint density at radius 3 is 2.62 bits per heavy atom. The van der Waals surface area contributed by atoms with Gasteiger partial charge in [-0.25, -0.2) is 4.98 Å². The van der Waals surface area contributed by atoms with Gasteiger partial charge < -0.3 is 0 Å². The Hall–Kier alpha value is -2.75. The third-order valence-corrected chi connectivity index (χ3v) is 3.51. The standard InChI is InChI=1S/C17H14N2O2/c1-11-8-12(2)15-6-7-16(18-17(15)9-11)13-4-3-5-14(10-13)19(20)21/h3-10H,1-2H3. The highest BCUT2D eigenvalue weighted by Crippen LogP contribution is 2.26. The maximum atomic E-state index is 10.9. The van der Waals surface area contributed by atoms with Gasteiger partial charge in [-0.3, -0.25) is 10.1 Å². The predicted molar refractivity (Wildman–Crippen MR) is 83.3 cm³/mol. The highest BCUT2D eigenvalue weighted by molar-refractivity contribution is 5.85. The number of benzene rings is 2. The number of non-ortho nitro benzene ring substituents is 1. The molecule has 0 bridgehead atoms. The number of aromatic nitrogens is 1. The highest BCUT2D eigenvalue weighted by atomic mass is 16.6. The van der Waals surface area contributed by atoms with Crippen molar-refractivity contribution in [3.05, 3.63) is 69.8 Å². The fraction of sp³-hybridized carbons (Fsp3) is 0.118. The van der Waals surface area contributed by atoms with Gasteiger partial charge >= 0.3 is 0 Å². The van der Waals surface area contributed by atoms with Crippen molar-refractivity contribution >= 4 is 16.6 Å². The molecule has 3 rings (SSSR count). The fourth-order valence-corrected chi connectivity index (χ4v) is 2.53. The van der Waals surface area contributed by atoms with Crippen LogP contribution in [0.2, 0.25) is 0 Å². The van der Waals surface area contributed by atoms with E-state index in [4.69, 9.17) is 0 Å². The van der Waals surface area contributed by atoms with E-state index in [1.807, 2.05) is 31.2 Å². The zero-order chi connectivity index (χ0) is 15.0. The first-order chi connectivity index (χ1) is 10.0. The predicted octanol–water partition coefficient (Wildman–Crippen LogP) is 4.43. The van der Waals surface area contributed by atoms with Crippen LogP contribution in [0.3, 0.4) is 0 Å². The van der Waals surface area contributed by atoms with Crippen LogP contribution in [0.5, 0.6) is 0 Å². The number of hydrogen-bond donors (Lipinski definition) is 0. The molecule has 0 radical (unpaired) electrons. The molecule has 21 heavy (non-hydrogen) atoms. The summed E-state index contributed by atoms with van der Waals surface area (Å²) < 4.78 is 0. The molecule has 0 aliphatic rings. The van der Waals surface area contributed by atoms with Crippen molar-refractivity contribution in [1.29, 1.82) is 0 Å². The molecule has 0 saturated heterocycles. The summed E-state index contributed by atoms with van der Waals surface area (Å²) in [6, 6.07) is 14.6. The lowest BCUT2D eigenvalue weighted by Crippen LogP contribution is -1.91. The Kier molecular flexibility index (Phi) is 3.14. The van der Waals surface area contributed by atoms with Crippen LogP contribution in [-0.4, -0.2) is 9.91 Å². The molecule has 1 aromatic heterocycles. The second-order valence-electron chi connectivity index (χ2n) is 5.15. The molecular weight excluding hydrogens is 264 g/mol. The number of nitrogens with zero attached hydrogens (tertiary/aromatic N) is 2. The summed E-state index contributed by atoms with van der Waals surface area (Å²) >= 11 is 0. The first-order valence-corrected chi connectivity index (χ1v) is 6.67. The normalized spacial score (nSPS) is 10.8. The van der Waals surface area contributed by atoms with Crippen LogP contribution in [0.1, 0.15) is 11.1 Å².